The fourth-order valence-corrected chi connectivity index (χ4v) is 4.69. The van der Waals surface area contributed by atoms with Gasteiger partial charge < -0.3 is 4.74 Å². The van der Waals surface area contributed by atoms with Gasteiger partial charge in [-0.2, -0.15) is 4.31 Å². The monoisotopic (exact) mass is 315 g/mol. The van der Waals surface area contributed by atoms with Gasteiger partial charge in [0.1, 0.15) is 5.82 Å². The van der Waals surface area contributed by atoms with Crippen LogP contribution in [0.2, 0.25) is 0 Å². The third-order valence-electron chi connectivity index (χ3n) is 3.37. The molecule has 1 aliphatic rings. The lowest BCUT2D eigenvalue weighted by Gasteiger charge is -2.26. The molecule has 116 valence electrons. The Morgan fingerprint density at radius 1 is 1.43 bits per heavy atom. The van der Waals surface area contributed by atoms with E-state index in [9.17, 15) is 17.6 Å². The molecular weight excluding hydrogens is 297 g/mol. The minimum atomic E-state index is -3.71. The first-order chi connectivity index (χ1) is 9.78. The van der Waals surface area contributed by atoms with Crippen molar-refractivity contribution in [2.24, 2.45) is 0 Å². The van der Waals surface area contributed by atoms with E-state index in [0.717, 1.165) is 6.07 Å². The highest BCUT2D eigenvalue weighted by Crippen LogP contribution is 2.43. The molecule has 1 aromatic rings. The number of carbonyl (C=O) groups is 1. The Balaban J connectivity index is 2.50. The molecule has 0 aliphatic carbocycles. The van der Waals surface area contributed by atoms with Crippen molar-refractivity contribution in [2.75, 3.05) is 6.61 Å². The van der Waals surface area contributed by atoms with Crippen molar-refractivity contribution in [1.29, 1.82) is 0 Å². The SMILES string of the molecule is CCOC(=O)C[C@H]1c2cc(F)ccc2S(=O)(=O)N1C(C)C. The van der Waals surface area contributed by atoms with E-state index in [0.29, 0.717) is 5.56 Å². The minimum absolute atomic E-state index is 0.0619. The Labute approximate surface area is 123 Å². The van der Waals surface area contributed by atoms with Crippen molar-refractivity contribution < 1.29 is 22.3 Å². The zero-order valence-electron chi connectivity index (χ0n) is 12.2. The molecule has 2 rings (SSSR count). The maximum absolute atomic E-state index is 13.5. The molecule has 1 aromatic carbocycles. The van der Waals surface area contributed by atoms with Crippen LogP contribution < -0.4 is 0 Å². The van der Waals surface area contributed by atoms with E-state index in [4.69, 9.17) is 4.74 Å². The maximum Gasteiger partial charge on any atom is 0.307 e. The summed E-state index contributed by atoms with van der Waals surface area (Å²) in [6.45, 7) is 5.34. The molecule has 1 atom stereocenters. The summed E-state index contributed by atoms with van der Waals surface area (Å²) in [7, 11) is -3.71. The van der Waals surface area contributed by atoms with E-state index in [2.05, 4.69) is 0 Å². The number of hydrogen-bond acceptors (Lipinski definition) is 4. The van der Waals surface area contributed by atoms with Crippen LogP contribution >= 0.6 is 0 Å². The van der Waals surface area contributed by atoms with E-state index >= 15 is 0 Å². The lowest BCUT2D eigenvalue weighted by atomic mass is 10.0. The molecule has 0 N–H and O–H groups in total. The largest absolute Gasteiger partial charge is 0.466 e. The summed E-state index contributed by atoms with van der Waals surface area (Å²) in [5, 5.41) is 0. The summed E-state index contributed by atoms with van der Waals surface area (Å²) in [5.41, 5.74) is 0.316. The van der Waals surface area contributed by atoms with E-state index in [1.807, 2.05) is 0 Å². The Morgan fingerprint density at radius 3 is 2.67 bits per heavy atom. The predicted octanol–water partition coefficient (Wildman–Crippen LogP) is 2.23. The van der Waals surface area contributed by atoms with E-state index in [1.54, 1.807) is 20.8 Å². The molecule has 0 fully saturated rings. The summed E-state index contributed by atoms with van der Waals surface area (Å²) in [5.74, 6) is -1.02. The normalized spacial score (nSPS) is 20.5. The summed E-state index contributed by atoms with van der Waals surface area (Å²) in [4.78, 5) is 11.8. The average Bonchev–Trinajstić information content (AvgIpc) is 2.57. The quantitative estimate of drug-likeness (QED) is 0.799. The van der Waals surface area contributed by atoms with Crippen molar-refractivity contribution >= 4 is 16.0 Å². The number of ether oxygens (including phenoxy) is 1. The highest BCUT2D eigenvalue weighted by molar-refractivity contribution is 7.89. The number of halogens is 1. The average molecular weight is 315 g/mol. The second kappa shape index (κ2) is 5.73. The molecule has 7 heteroatoms. The third kappa shape index (κ3) is 2.80. The molecular formula is C14H18FNO4S. The molecule has 0 bridgehead atoms. The summed E-state index contributed by atoms with van der Waals surface area (Å²) < 4.78 is 44.7. The van der Waals surface area contributed by atoms with E-state index < -0.39 is 27.9 Å². The molecule has 5 nitrogen and oxygen atoms in total. The Kier molecular flexibility index (Phi) is 4.34. The third-order valence-corrected chi connectivity index (χ3v) is 5.53. The fourth-order valence-electron chi connectivity index (χ4n) is 2.65. The number of nitrogens with zero attached hydrogens (tertiary/aromatic N) is 1. The van der Waals surface area contributed by atoms with Gasteiger partial charge >= 0.3 is 5.97 Å². The van der Waals surface area contributed by atoms with Crippen LogP contribution in [0.25, 0.3) is 0 Å². The second-order valence-electron chi connectivity index (χ2n) is 5.14. The Bertz CT molecular complexity index is 657. The number of rotatable bonds is 4. The van der Waals surface area contributed by atoms with E-state index in [-0.39, 0.29) is 24.0 Å². The van der Waals surface area contributed by atoms with Crippen molar-refractivity contribution in [3.8, 4) is 0 Å². The molecule has 0 spiro atoms. The van der Waals surface area contributed by atoms with Gasteiger partial charge in [-0.05, 0) is 44.5 Å². The molecule has 0 saturated carbocycles. The number of esters is 1. The molecule has 0 saturated heterocycles. The van der Waals surface area contributed by atoms with Gasteiger partial charge in [0, 0.05) is 6.04 Å². The van der Waals surface area contributed by atoms with Crippen molar-refractivity contribution in [1.82, 2.24) is 4.31 Å². The van der Waals surface area contributed by atoms with Crippen LogP contribution in [0.15, 0.2) is 23.1 Å². The van der Waals surface area contributed by atoms with Crippen LogP contribution in [0, 0.1) is 5.82 Å². The number of fused-ring (bicyclic) bond motifs is 1. The van der Waals surface area contributed by atoms with Gasteiger partial charge in [-0.15, -0.1) is 0 Å². The van der Waals surface area contributed by atoms with Gasteiger partial charge in [-0.1, -0.05) is 0 Å². The zero-order chi connectivity index (χ0) is 15.8. The first-order valence-corrected chi connectivity index (χ1v) is 8.21. The Morgan fingerprint density at radius 2 is 2.10 bits per heavy atom. The predicted molar refractivity (Wildman–Crippen MR) is 74.6 cm³/mol. The molecule has 0 aromatic heterocycles. The summed E-state index contributed by atoms with van der Waals surface area (Å²) >= 11 is 0. The van der Waals surface area contributed by atoms with Gasteiger partial charge in [0.05, 0.1) is 24.0 Å². The molecule has 1 heterocycles. The number of benzene rings is 1. The van der Waals surface area contributed by atoms with Crippen LogP contribution in [0.5, 0.6) is 0 Å². The van der Waals surface area contributed by atoms with Crippen LogP contribution in [0.3, 0.4) is 0 Å². The lowest BCUT2D eigenvalue weighted by Crippen LogP contribution is -2.35. The summed E-state index contributed by atoms with van der Waals surface area (Å²) in [6.07, 6.45) is -0.123. The number of carbonyl (C=O) groups excluding carboxylic acids is 1. The van der Waals surface area contributed by atoms with E-state index in [1.165, 1.54) is 16.4 Å². The van der Waals surface area contributed by atoms with Gasteiger partial charge in [-0.3, -0.25) is 4.79 Å². The highest BCUT2D eigenvalue weighted by Gasteiger charge is 2.45. The van der Waals surface area contributed by atoms with Crippen LogP contribution in [-0.4, -0.2) is 31.3 Å². The first-order valence-electron chi connectivity index (χ1n) is 6.77. The van der Waals surface area contributed by atoms with Crippen molar-refractivity contribution in [2.45, 2.75) is 44.2 Å². The van der Waals surface area contributed by atoms with Crippen LogP contribution in [-0.2, 0) is 19.6 Å². The molecule has 0 unspecified atom stereocenters. The van der Waals surface area contributed by atoms with Gasteiger partial charge in [0.2, 0.25) is 10.0 Å². The van der Waals surface area contributed by atoms with Gasteiger partial charge in [0.15, 0.2) is 0 Å². The van der Waals surface area contributed by atoms with Crippen molar-refractivity contribution in [3.63, 3.8) is 0 Å². The van der Waals surface area contributed by atoms with Crippen LogP contribution in [0.1, 0.15) is 38.8 Å². The molecule has 0 amide bonds. The van der Waals surface area contributed by atoms with Gasteiger partial charge in [-0.25, -0.2) is 12.8 Å². The Hall–Kier alpha value is -1.47. The zero-order valence-corrected chi connectivity index (χ0v) is 13.0. The molecule has 0 radical (unpaired) electrons. The smallest absolute Gasteiger partial charge is 0.307 e. The first kappa shape index (κ1) is 15.9. The topological polar surface area (TPSA) is 63.7 Å². The second-order valence-corrected chi connectivity index (χ2v) is 6.95. The van der Waals surface area contributed by atoms with Gasteiger partial charge in [0.25, 0.3) is 0 Å². The minimum Gasteiger partial charge on any atom is -0.466 e. The number of hydrogen-bond donors (Lipinski definition) is 0. The highest BCUT2D eigenvalue weighted by atomic mass is 32.2. The lowest BCUT2D eigenvalue weighted by molar-refractivity contribution is -0.144. The summed E-state index contributed by atoms with van der Waals surface area (Å²) in [6, 6.07) is 2.48. The molecule has 21 heavy (non-hydrogen) atoms. The van der Waals surface area contributed by atoms with Crippen LogP contribution in [0.4, 0.5) is 4.39 Å². The molecule has 1 aliphatic heterocycles. The fraction of sp³-hybridized carbons (Fsp3) is 0.500. The standard InChI is InChI=1S/C14H18FNO4S/c1-4-20-14(17)8-12-11-7-10(15)5-6-13(11)21(18,19)16(12)9(2)3/h5-7,9,12H,4,8H2,1-3H3/t12-/m0/s1. The number of sulfonamides is 1. The van der Waals surface area contributed by atoms with Crippen molar-refractivity contribution in [3.05, 3.63) is 29.6 Å². The maximum atomic E-state index is 13.5.